The van der Waals surface area contributed by atoms with Crippen LogP contribution in [0.1, 0.15) is 56.6 Å². The van der Waals surface area contributed by atoms with Crippen LogP contribution in [0.15, 0.2) is 29.3 Å². The van der Waals surface area contributed by atoms with Crippen molar-refractivity contribution in [2.75, 3.05) is 40.3 Å². The van der Waals surface area contributed by atoms with Crippen molar-refractivity contribution in [1.82, 2.24) is 20.9 Å². The van der Waals surface area contributed by atoms with Gasteiger partial charge in [-0.25, -0.2) is 0 Å². The summed E-state index contributed by atoms with van der Waals surface area (Å²) in [6, 6.07) is 8.89. The maximum Gasteiger partial charge on any atom is 0.239 e. The Morgan fingerprint density at radius 2 is 1.80 bits per heavy atom. The predicted octanol–water partition coefficient (Wildman–Crippen LogP) is 2.45. The van der Waals surface area contributed by atoms with Gasteiger partial charge in [0.2, 0.25) is 5.91 Å². The fourth-order valence-electron chi connectivity index (χ4n) is 4.44. The van der Waals surface area contributed by atoms with Gasteiger partial charge < -0.3 is 20.7 Å². The molecule has 1 atom stereocenters. The number of benzene rings is 1. The minimum absolute atomic E-state index is 0.0381. The van der Waals surface area contributed by atoms with Crippen molar-refractivity contribution in [3.63, 3.8) is 0 Å². The number of carbonyl (C=O) groups excluding carboxylic acids is 1. The SMILES string of the molecule is CN=C(NCC(=O)NC1CCCCC1)NCC(c1ccc(OC)cc1)N1CCCC1. The Kier molecular flexibility index (Phi) is 8.81. The summed E-state index contributed by atoms with van der Waals surface area (Å²) in [6.45, 7) is 3.19. The maximum atomic E-state index is 12.3. The number of hydrogen-bond acceptors (Lipinski definition) is 4. The molecule has 3 N–H and O–H groups in total. The van der Waals surface area contributed by atoms with E-state index >= 15 is 0 Å². The zero-order chi connectivity index (χ0) is 21.2. The number of likely N-dealkylation sites (tertiary alicyclic amines) is 1. The number of nitrogens with one attached hydrogen (secondary N) is 3. The van der Waals surface area contributed by atoms with Crippen LogP contribution in [0.5, 0.6) is 5.75 Å². The van der Waals surface area contributed by atoms with Gasteiger partial charge in [0.15, 0.2) is 5.96 Å². The molecule has 1 unspecified atom stereocenters. The maximum absolute atomic E-state index is 12.3. The average molecular weight is 416 g/mol. The summed E-state index contributed by atoms with van der Waals surface area (Å²) in [5.41, 5.74) is 1.26. The Balaban J connectivity index is 1.51. The summed E-state index contributed by atoms with van der Waals surface area (Å²) in [5.74, 6) is 1.57. The molecular formula is C23H37N5O2. The molecule has 7 nitrogen and oxygen atoms in total. The molecule has 2 aliphatic rings. The van der Waals surface area contributed by atoms with E-state index in [1.54, 1.807) is 14.2 Å². The second-order valence-corrected chi connectivity index (χ2v) is 8.24. The van der Waals surface area contributed by atoms with Crippen molar-refractivity contribution in [3.05, 3.63) is 29.8 Å². The summed E-state index contributed by atoms with van der Waals surface area (Å²) in [7, 11) is 3.43. The fraction of sp³-hybridized carbons (Fsp3) is 0.652. The lowest BCUT2D eigenvalue weighted by molar-refractivity contribution is -0.120. The summed E-state index contributed by atoms with van der Waals surface area (Å²) >= 11 is 0. The molecule has 1 aromatic rings. The average Bonchev–Trinajstić information content (AvgIpc) is 3.31. The molecule has 7 heteroatoms. The zero-order valence-corrected chi connectivity index (χ0v) is 18.5. The highest BCUT2D eigenvalue weighted by Crippen LogP contribution is 2.26. The number of methoxy groups -OCH3 is 1. The largest absolute Gasteiger partial charge is 0.497 e. The van der Waals surface area contributed by atoms with E-state index < -0.39 is 0 Å². The molecule has 1 aliphatic heterocycles. The molecule has 1 saturated heterocycles. The summed E-state index contributed by atoms with van der Waals surface area (Å²) in [6.07, 6.45) is 8.38. The molecule has 166 valence electrons. The third-order valence-electron chi connectivity index (χ3n) is 6.16. The van der Waals surface area contributed by atoms with E-state index in [2.05, 4.69) is 38.0 Å². The van der Waals surface area contributed by atoms with Crippen LogP contribution in [0.2, 0.25) is 0 Å². The summed E-state index contributed by atoms with van der Waals surface area (Å²) < 4.78 is 5.30. The highest BCUT2D eigenvalue weighted by atomic mass is 16.5. The second kappa shape index (κ2) is 11.8. The minimum Gasteiger partial charge on any atom is -0.497 e. The number of ether oxygens (including phenoxy) is 1. The van der Waals surface area contributed by atoms with Crippen LogP contribution in [-0.2, 0) is 4.79 Å². The lowest BCUT2D eigenvalue weighted by atomic mass is 9.95. The van der Waals surface area contributed by atoms with Crippen LogP contribution in [0.4, 0.5) is 0 Å². The van der Waals surface area contributed by atoms with Crippen LogP contribution in [0.3, 0.4) is 0 Å². The molecule has 1 aliphatic carbocycles. The molecular weight excluding hydrogens is 378 g/mol. The zero-order valence-electron chi connectivity index (χ0n) is 18.5. The lowest BCUT2D eigenvalue weighted by Gasteiger charge is -2.29. The van der Waals surface area contributed by atoms with Crippen LogP contribution < -0.4 is 20.7 Å². The standard InChI is InChI=1S/C23H37N5O2/c1-24-23(26-17-22(29)27-19-8-4-3-5-9-19)25-16-21(28-14-6-7-15-28)18-10-12-20(30-2)13-11-18/h10-13,19,21H,3-9,14-17H2,1-2H3,(H,27,29)(H2,24,25,26). The van der Waals surface area contributed by atoms with Crippen LogP contribution in [-0.4, -0.2) is 63.1 Å². The first-order chi connectivity index (χ1) is 14.7. The number of aliphatic imine (C=N–C) groups is 1. The van der Waals surface area contributed by atoms with Crippen molar-refractivity contribution >= 4 is 11.9 Å². The highest BCUT2D eigenvalue weighted by molar-refractivity contribution is 5.86. The third-order valence-corrected chi connectivity index (χ3v) is 6.16. The Bertz CT molecular complexity index is 679. The first-order valence-corrected chi connectivity index (χ1v) is 11.3. The van der Waals surface area contributed by atoms with Crippen LogP contribution >= 0.6 is 0 Å². The normalized spacial score (nSPS) is 19.3. The first-order valence-electron chi connectivity index (χ1n) is 11.3. The molecule has 1 heterocycles. The van der Waals surface area contributed by atoms with Crippen LogP contribution in [0.25, 0.3) is 0 Å². The molecule has 3 rings (SSSR count). The Morgan fingerprint density at radius 3 is 2.43 bits per heavy atom. The van der Waals surface area contributed by atoms with E-state index in [9.17, 15) is 4.79 Å². The number of nitrogens with zero attached hydrogens (tertiary/aromatic N) is 2. The van der Waals surface area contributed by atoms with Gasteiger partial charge >= 0.3 is 0 Å². The van der Waals surface area contributed by atoms with Crippen molar-refractivity contribution in [1.29, 1.82) is 0 Å². The molecule has 0 radical (unpaired) electrons. The van der Waals surface area contributed by atoms with Gasteiger partial charge in [-0.15, -0.1) is 0 Å². The molecule has 2 fully saturated rings. The summed E-state index contributed by atoms with van der Waals surface area (Å²) in [4.78, 5) is 19.1. The van der Waals surface area contributed by atoms with E-state index in [1.807, 2.05) is 12.1 Å². The van der Waals surface area contributed by atoms with E-state index in [0.29, 0.717) is 12.0 Å². The topological polar surface area (TPSA) is 78.0 Å². The van der Waals surface area contributed by atoms with E-state index in [4.69, 9.17) is 4.74 Å². The monoisotopic (exact) mass is 415 g/mol. The van der Waals surface area contributed by atoms with Gasteiger partial charge in [-0.05, 0) is 56.5 Å². The van der Waals surface area contributed by atoms with Gasteiger partial charge in [-0.3, -0.25) is 14.7 Å². The number of rotatable bonds is 8. The number of guanidine groups is 1. The number of carbonyl (C=O) groups is 1. The molecule has 0 aromatic heterocycles. The Morgan fingerprint density at radius 1 is 1.10 bits per heavy atom. The van der Waals surface area contributed by atoms with Crippen molar-refractivity contribution in [2.45, 2.75) is 57.0 Å². The van der Waals surface area contributed by atoms with Gasteiger partial charge in [0.1, 0.15) is 5.75 Å². The Labute approximate surface area is 180 Å². The summed E-state index contributed by atoms with van der Waals surface area (Å²) in [5, 5.41) is 9.72. The highest BCUT2D eigenvalue weighted by Gasteiger charge is 2.24. The molecule has 0 spiro atoms. The third kappa shape index (κ3) is 6.62. The molecule has 1 saturated carbocycles. The van der Waals surface area contributed by atoms with Crippen LogP contribution in [0, 0.1) is 0 Å². The molecule has 30 heavy (non-hydrogen) atoms. The van der Waals surface area contributed by atoms with Crippen molar-refractivity contribution in [3.8, 4) is 5.75 Å². The molecule has 1 amide bonds. The first kappa shape index (κ1) is 22.4. The fourth-order valence-corrected chi connectivity index (χ4v) is 4.44. The quantitative estimate of drug-likeness (QED) is 0.449. The minimum atomic E-state index is 0.0381. The Hall–Kier alpha value is -2.28. The number of amides is 1. The predicted molar refractivity (Wildman–Crippen MR) is 121 cm³/mol. The molecule has 1 aromatic carbocycles. The van der Waals surface area contributed by atoms with E-state index in [-0.39, 0.29) is 18.5 Å². The van der Waals surface area contributed by atoms with Crippen molar-refractivity contribution < 1.29 is 9.53 Å². The number of hydrogen-bond donors (Lipinski definition) is 3. The van der Waals surface area contributed by atoms with E-state index in [0.717, 1.165) is 38.2 Å². The van der Waals surface area contributed by atoms with Crippen molar-refractivity contribution in [2.24, 2.45) is 4.99 Å². The lowest BCUT2D eigenvalue weighted by Crippen LogP contribution is -2.47. The van der Waals surface area contributed by atoms with Gasteiger partial charge in [0.25, 0.3) is 0 Å². The van der Waals surface area contributed by atoms with E-state index in [1.165, 1.54) is 37.7 Å². The smallest absolute Gasteiger partial charge is 0.239 e. The second-order valence-electron chi connectivity index (χ2n) is 8.24. The van der Waals surface area contributed by atoms with Gasteiger partial charge in [0, 0.05) is 19.6 Å². The van der Waals surface area contributed by atoms with Gasteiger partial charge in [-0.1, -0.05) is 31.4 Å². The molecule has 0 bridgehead atoms. The van der Waals surface area contributed by atoms with Gasteiger partial charge in [0.05, 0.1) is 19.7 Å². The van der Waals surface area contributed by atoms with Gasteiger partial charge in [-0.2, -0.15) is 0 Å².